The quantitative estimate of drug-likeness (QED) is 0.852. The Morgan fingerprint density at radius 1 is 1.32 bits per heavy atom. The average molecular weight is 328 g/mol. The topological polar surface area (TPSA) is 49.1 Å². The minimum absolute atomic E-state index is 0.233. The lowest BCUT2D eigenvalue weighted by atomic mass is 10.2. The predicted octanol–water partition coefficient (Wildman–Crippen LogP) is 2.68. The molecule has 2 aromatic rings. The van der Waals surface area contributed by atoms with Crippen molar-refractivity contribution in [3.8, 4) is 11.7 Å². The van der Waals surface area contributed by atoms with Crippen molar-refractivity contribution < 1.29 is 4.74 Å². The van der Waals surface area contributed by atoms with Crippen molar-refractivity contribution in [1.29, 1.82) is 0 Å². The molecule has 1 aromatic carbocycles. The van der Waals surface area contributed by atoms with Crippen molar-refractivity contribution >= 4 is 15.9 Å². The van der Waals surface area contributed by atoms with Crippen molar-refractivity contribution in [3.63, 3.8) is 0 Å². The lowest BCUT2D eigenvalue weighted by Crippen LogP contribution is -2.21. The Bertz CT molecular complexity index is 617. The van der Waals surface area contributed by atoms with E-state index in [-0.39, 0.29) is 11.7 Å². The van der Waals surface area contributed by atoms with Gasteiger partial charge in [-0.3, -0.25) is 0 Å². The second-order valence-corrected chi connectivity index (χ2v) is 4.52. The highest BCUT2D eigenvalue weighted by Crippen LogP contribution is 2.20. The van der Waals surface area contributed by atoms with E-state index in [2.05, 4.69) is 21.0 Å². The number of hydrogen-bond donors (Lipinski definition) is 0. The van der Waals surface area contributed by atoms with E-state index in [0.717, 1.165) is 15.7 Å². The van der Waals surface area contributed by atoms with Crippen LogP contribution in [-0.2, 0) is 7.05 Å². The average Bonchev–Trinajstić information content (AvgIpc) is 2.71. The SMILES string of the molecule is CC.COc1nn(C)c(=O)n1-c1ccc(Br)c(C)c1. The second kappa shape index (κ2) is 6.56. The van der Waals surface area contributed by atoms with Crippen LogP contribution in [0.15, 0.2) is 27.5 Å². The van der Waals surface area contributed by atoms with Gasteiger partial charge in [-0.15, -0.1) is 5.10 Å². The van der Waals surface area contributed by atoms with Crippen LogP contribution >= 0.6 is 15.9 Å². The monoisotopic (exact) mass is 327 g/mol. The minimum Gasteiger partial charge on any atom is -0.467 e. The van der Waals surface area contributed by atoms with Gasteiger partial charge < -0.3 is 4.74 Å². The van der Waals surface area contributed by atoms with Crippen LogP contribution in [0, 0.1) is 6.92 Å². The largest absolute Gasteiger partial charge is 0.467 e. The Hall–Kier alpha value is -1.56. The summed E-state index contributed by atoms with van der Waals surface area (Å²) in [6.07, 6.45) is 0. The van der Waals surface area contributed by atoms with Gasteiger partial charge in [0.05, 0.1) is 12.8 Å². The second-order valence-electron chi connectivity index (χ2n) is 3.66. The Morgan fingerprint density at radius 2 is 1.95 bits per heavy atom. The molecule has 0 saturated heterocycles. The molecule has 0 N–H and O–H groups in total. The van der Waals surface area contributed by atoms with E-state index in [1.165, 1.54) is 16.4 Å². The van der Waals surface area contributed by atoms with Gasteiger partial charge in [0.25, 0.3) is 0 Å². The summed E-state index contributed by atoms with van der Waals surface area (Å²) in [4.78, 5) is 11.9. The summed E-state index contributed by atoms with van der Waals surface area (Å²) in [5.41, 5.74) is 1.55. The van der Waals surface area contributed by atoms with Crippen LogP contribution in [-0.4, -0.2) is 21.5 Å². The molecule has 0 spiro atoms. The first-order valence-electron chi connectivity index (χ1n) is 6.01. The molecule has 0 radical (unpaired) electrons. The van der Waals surface area contributed by atoms with Gasteiger partial charge in [0.2, 0.25) is 0 Å². The molecule has 0 aliphatic heterocycles. The molecule has 1 aromatic heterocycles. The van der Waals surface area contributed by atoms with Crippen LogP contribution in [0.4, 0.5) is 0 Å². The van der Waals surface area contributed by atoms with E-state index >= 15 is 0 Å². The zero-order valence-corrected chi connectivity index (χ0v) is 13.4. The van der Waals surface area contributed by atoms with Crippen LogP contribution in [0.2, 0.25) is 0 Å². The van der Waals surface area contributed by atoms with Gasteiger partial charge >= 0.3 is 11.7 Å². The molecule has 1 heterocycles. The van der Waals surface area contributed by atoms with Crippen LogP contribution < -0.4 is 10.4 Å². The molecular weight excluding hydrogens is 310 g/mol. The number of ether oxygens (including phenoxy) is 1. The zero-order valence-electron chi connectivity index (χ0n) is 11.8. The van der Waals surface area contributed by atoms with E-state index in [1.807, 2.05) is 39.0 Å². The van der Waals surface area contributed by atoms with Gasteiger partial charge in [0.1, 0.15) is 0 Å². The molecule has 0 atom stereocenters. The Morgan fingerprint density at radius 3 is 2.47 bits per heavy atom. The number of nitrogens with zero attached hydrogens (tertiary/aromatic N) is 3. The number of hydrogen-bond acceptors (Lipinski definition) is 3. The summed E-state index contributed by atoms with van der Waals surface area (Å²) in [6.45, 7) is 5.96. The summed E-state index contributed by atoms with van der Waals surface area (Å²) in [7, 11) is 3.08. The van der Waals surface area contributed by atoms with Crippen molar-refractivity contribution in [1.82, 2.24) is 14.3 Å². The molecule has 0 unspecified atom stereocenters. The van der Waals surface area contributed by atoms with E-state index in [0.29, 0.717) is 0 Å². The third-order valence-electron chi connectivity index (χ3n) is 2.48. The Balaban J connectivity index is 0.000000861. The predicted molar refractivity (Wildman–Crippen MR) is 79.1 cm³/mol. The third kappa shape index (κ3) is 3.07. The van der Waals surface area contributed by atoms with Crippen molar-refractivity contribution in [2.45, 2.75) is 20.8 Å². The number of benzene rings is 1. The number of aromatic nitrogens is 3. The maximum Gasteiger partial charge on any atom is 0.353 e. The lowest BCUT2D eigenvalue weighted by molar-refractivity contribution is 0.368. The van der Waals surface area contributed by atoms with Gasteiger partial charge in [-0.2, -0.15) is 0 Å². The molecule has 0 fully saturated rings. The van der Waals surface area contributed by atoms with Crippen LogP contribution in [0.25, 0.3) is 5.69 Å². The summed E-state index contributed by atoms with van der Waals surface area (Å²) >= 11 is 3.42. The molecule has 0 saturated carbocycles. The fraction of sp³-hybridized carbons (Fsp3) is 0.385. The van der Waals surface area contributed by atoms with Gasteiger partial charge in [-0.25, -0.2) is 14.0 Å². The maximum absolute atomic E-state index is 11.9. The fourth-order valence-corrected chi connectivity index (χ4v) is 1.81. The molecule has 0 aliphatic carbocycles. The van der Waals surface area contributed by atoms with Crippen LogP contribution in [0.5, 0.6) is 6.01 Å². The first kappa shape index (κ1) is 15.5. The highest BCUT2D eigenvalue weighted by Gasteiger charge is 2.13. The molecule has 5 nitrogen and oxygen atoms in total. The molecule has 19 heavy (non-hydrogen) atoms. The van der Waals surface area contributed by atoms with Gasteiger partial charge in [-0.1, -0.05) is 29.8 Å². The van der Waals surface area contributed by atoms with Gasteiger partial charge in [-0.05, 0) is 30.7 Å². The standard InChI is InChI=1S/C11H12BrN3O2.C2H6/c1-7-6-8(4-5-9(7)12)15-10(17-3)13-14(2)11(15)16;1-2/h4-6H,1-3H3;1-2H3. The van der Waals surface area contributed by atoms with Gasteiger partial charge in [0, 0.05) is 11.5 Å². The highest BCUT2D eigenvalue weighted by atomic mass is 79.9. The molecular formula is C13H18BrN3O2. The molecule has 0 bridgehead atoms. The smallest absolute Gasteiger partial charge is 0.353 e. The van der Waals surface area contributed by atoms with Crippen molar-refractivity contribution in [2.75, 3.05) is 7.11 Å². The summed E-state index contributed by atoms with van der Waals surface area (Å²) < 4.78 is 8.76. The van der Waals surface area contributed by atoms with Crippen LogP contribution in [0.3, 0.4) is 0 Å². The number of methoxy groups -OCH3 is 1. The lowest BCUT2D eigenvalue weighted by Gasteiger charge is -2.06. The van der Waals surface area contributed by atoms with Gasteiger partial charge in [0.15, 0.2) is 0 Å². The summed E-state index contributed by atoms with van der Waals surface area (Å²) in [5.74, 6) is 0. The van der Waals surface area contributed by atoms with E-state index < -0.39 is 0 Å². The normalized spacial score (nSPS) is 9.79. The molecule has 2 rings (SSSR count). The highest BCUT2D eigenvalue weighted by molar-refractivity contribution is 9.10. The first-order chi connectivity index (χ1) is 9.04. The minimum atomic E-state index is -0.233. The molecule has 6 heteroatoms. The Kier molecular flexibility index (Phi) is 5.35. The molecule has 0 amide bonds. The number of aryl methyl sites for hydroxylation is 2. The first-order valence-corrected chi connectivity index (χ1v) is 6.80. The third-order valence-corrected chi connectivity index (χ3v) is 3.37. The number of rotatable bonds is 2. The van der Waals surface area contributed by atoms with Crippen molar-refractivity contribution in [3.05, 3.63) is 38.7 Å². The number of halogens is 1. The summed E-state index contributed by atoms with van der Waals surface area (Å²) in [5, 5.41) is 3.99. The zero-order chi connectivity index (χ0) is 14.6. The van der Waals surface area contributed by atoms with E-state index in [1.54, 1.807) is 7.05 Å². The molecule has 104 valence electrons. The van der Waals surface area contributed by atoms with E-state index in [4.69, 9.17) is 4.74 Å². The van der Waals surface area contributed by atoms with Crippen LogP contribution in [0.1, 0.15) is 19.4 Å². The van der Waals surface area contributed by atoms with E-state index in [9.17, 15) is 4.79 Å². The van der Waals surface area contributed by atoms with Crippen molar-refractivity contribution in [2.24, 2.45) is 7.05 Å². The summed E-state index contributed by atoms with van der Waals surface area (Å²) in [6, 6.07) is 5.90. The maximum atomic E-state index is 11.9. The molecule has 0 aliphatic rings. The Labute approximate surface area is 120 Å². The fourth-order valence-electron chi connectivity index (χ4n) is 1.56.